The summed E-state index contributed by atoms with van der Waals surface area (Å²) in [5.74, 6) is 0. The smallest absolute Gasteiger partial charge is 0.0473 e. The van der Waals surface area contributed by atoms with Gasteiger partial charge in [-0.25, -0.2) is 0 Å². The molecule has 0 saturated carbocycles. The molecule has 1 aromatic rings. The molecule has 1 fully saturated rings. The molecule has 1 aromatic carbocycles. The minimum Gasteiger partial charge on any atom is -0.329 e. The summed E-state index contributed by atoms with van der Waals surface area (Å²) in [7, 11) is 0. The molecule has 2 heteroatoms. The lowest BCUT2D eigenvalue weighted by Gasteiger charge is -2.29. The van der Waals surface area contributed by atoms with Crippen LogP contribution in [0.4, 0.5) is 0 Å². The van der Waals surface area contributed by atoms with Crippen molar-refractivity contribution in [2.24, 2.45) is 11.1 Å². The fourth-order valence-corrected chi connectivity index (χ4v) is 3.09. The van der Waals surface area contributed by atoms with E-state index in [1.165, 1.54) is 29.7 Å². The fraction of sp³-hybridized carbons (Fsp3) is 0.625. The summed E-state index contributed by atoms with van der Waals surface area (Å²) in [4.78, 5) is 2.55. The Hall–Kier alpha value is -0.860. The van der Waals surface area contributed by atoms with Crippen molar-refractivity contribution in [2.75, 3.05) is 19.6 Å². The van der Waals surface area contributed by atoms with Crippen LogP contribution < -0.4 is 5.73 Å². The number of hydrogen-bond donors (Lipinski definition) is 1. The highest BCUT2D eigenvalue weighted by atomic mass is 15.2. The highest BCUT2D eigenvalue weighted by Crippen LogP contribution is 2.35. The molecule has 2 N–H and O–H groups in total. The Morgan fingerprint density at radius 1 is 1.33 bits per heavy atom. The Balaban J connectivity index is 2.23. The highest BCUT2D eigenvalue weighted by molar-refractivity contribution is 5.33. The lowest BCUT2D eigenvalue weighted by Crippen LogP contribution is -2.33. The van der Waals surface area contributed by atoms with Gasteiger partial charge in [0.2, 0.25) is 0 Å². The normalized spacial score (nSPS) is 21.2. The fourth-order valence-electron chi connectivity index (χ4n) is 3.09. The zero-order valence-electron chi connectivity index (χ0n) is 12.2. The molecule has 0 aliphatic carbocycles. The summed E-state index contributed by atoms with van der Waals surface area (Å²) < 4.78 is 0. The number of nitrogens with two attached hydrogens (primary N) is 1. The third kappa shape index (κ3) is 2.76. The van der Waals surface area contributed by atoms with E-state index in [9.17, 15) is 0 Å². The Kier molecular flexibility index (Phi) is 3.79. The average Bonchev–Trinajstić information content (AvgIpc) is 2.63. The zero-order valence-corrected chi connectivity index (χ0v) is 12.2. The van der Waals surface area contributed by atoms with E-state index in [-0.39, 0.29) is 0 Å². The van der Waals surface area contributed by atoms with Crippen molar-refractivity contribution < 1.29 is 0 Å². The summed E-state index contributed by atoms with van der Waals surface area (Å²) in [5.41, 5.74) is 10.6. The van der Waals surface area contributed by atoms with Crippen molar-refractivity contribution in [2.45, 2.75) is 40.2 Å². The van der Waals surface area contributed by atoms with E-state index >= 15 is 0 Å². The van der Waals surface area contributed by atoms with Crippen LogP contribution in [0.2, 0.25) is 0 Å². The number of likely N-dealkylation sites (tertiary alicyclic amines) is 1. The number of hydrogen-bond acceptors (Lipinski definition) is 2. The van der Waals surface area contributed by atoms with E-state index in [1.54, 1.807) is 0 Å². The quantitative estimate of drug-likeness (QED) is 0.888. The van der Waals surface area contributed by atoms with Crippen LogP contribution in [-0.4, -0.2) is 24.5 Å². The minimum absolute atomic E-state index is 0.382. The van der Waals surface area contributed by atoms with E-state index in [1.807, 2.05) is 0 Å². The molecule has 100 valence electrons. The molecule has 1 heterocycles. The van der Waals surface area contributed by atoms with Gasteiger partial charge in [0.15, 0.2) is 0 Å². The molecule has 0 spiro atoms. The van der Waals surface area contributed by atoms with Crippen molar-refractivity contribution in [3.05, 3.63) is 34.9 Å². The van der Waals surface area contributed by atoms with Crippen molar-refractivity contribution in [1.82, 2.24) is 4.90 Å². The molecular weight excluding hydrogens is 220 g/mol. The maximum Gasteiger partial charge on any atom is 0.0473 e. The summed E-state index contributed by atoms with van der Waals surface area (Å²) in [5, 5.41) is 0. The molecule has 1 atom stereocenters. The van der Waals surface area contributed by atoms with Gasteiger partial charge in [-0.2, -0.15) is 0 Å². The van der Waals surface area contributed by atoms with E-state index < -0.39 is 0 Å². The van der Waals surface area contributed by atoms with Gasteiger partial charge in [0.1, 0.15) is 0 Å². The topological polar surface area (TPSA) is 29.3 Å². The van der Waals surface area contributed by atoms with Crippen molar-refractivity contribution in [3.8, 4) is 0 Å². The number of rotatable bonds is 3. The molecule has 1 unspecified atom stereocenters. The van der Waals surface area contributed by atoms with Gasteiger partial charge in [0, 0.05) is 19.1 Å². The Morgan fingerprint density at radius 3 is 2.56 bits per heavy atom. The first-order valence-corrected chi connectivity index (χ1v) is 6.94. The monoisotopic (exact) mass is 246 g/mol. The van der Waals surface area contributed by atoms with Crippen LogP contribution in [0.1, 0.15) is 43.0 Å². The van der Waals surface area contributed by atoms with Crippen LogP contribution in [0, 0.1) is 19.3 Å². The van der Waals surface area contributed by atoms with Crippen LogP contribution in [0.15, 0.2) is 18.2 Å². The molecule has 0 bridgehead atoms. The van der Waals surface area contributed by atoms with Gasteiger partial charge >= 0.3 is 0 Å². The lowest BCUT2D eigenvalue weighted by molar-refractivity contribution is 0.223. The predicted octanol–water partition coefficient (Wildman–Crippen LogP) is 3.04. The molecule has 1 aliphatic heterocycles. The van der Waals surface area contributed by atoms with Crippen LogP contribution in [0.3, 0.4) is 0 Å². The summed E-state index contributed by atoms with van der Waals surface area (Å²) in [6, 6.07) is 7.10. The molecule has 1 saturated heterocycles. The minimum atomic E-state index is 0.382. The van der Waals surface area contributed by atoms with Gasteiger partial charge in [0.25, 0.3) is 0 Å². The number of aryl methyl sites for hydroxylation is 2. The van der Waals surface area contributed by atoms with E-state index in [4.69, 9.17) is 5.73 Å². The Bertz CT molecular complexity index is 423. The van der Waals surface area contributed by atoms with E-state index in [0.29, 0.717) is 18.0 Å². The van der Waals surface area contributed by atoms with Gasteiger partial charge < -0.3 is 5.73 Å². The first-order valence-electron chi connectivity index (χ1n) is 6.94. The van der Waals surface area contributed by atoms with Crippen molar-refractivity contribution in [1.29, 1.82) is 0 Å². The van der Waals surface area contributed by atoms with Gasteiger partial charge in [0.05, 0.1) is 0 Å². The van der Waals surface area contributed by atoms with Gasteiger partial charge in [-0.3, -0.25) is 4.90 Å². The molecule has 18 heavy (non-hydrogen) atoms. The standard InChI is InChI=1S/C16H26N2/c1-12-5-6-14(13(2)9-12)15(10-17)18-8-7-16(3,4)11-18/h5-6,9,15H,7-8,10-11,17H2,1-4H3. The van der Waals surface area contributed by atoms with Crippen LogP contribution in [-0.2, 0) is 0 Å². The van der Waals surface area contributed by atoms with Gasteiger partial charge in [-0.15, -0.1) is 0 Å². The van der Waals surface area contributed by atoms with Crippen LogP contribution in [0.25, 0.3) is 0 Å². The second kappa shape index (κ2) is 5.02. The molecule has 0 aromatic heterocycles. The summed E-state index contributed by atoms with van der Waals surface area (Å²) in [6.45, 7) is 12.1. The second-order valence-electron chi connectivity index (χ2n) is 6.50. The molecule has 0 radical (unpaired) electrons. The number of benzene rings is 1. The largest absolute Gasteiger partial charge is 0.329 e. The average molecular weight is 246 g/mol. The molecule has 2 nitrogen and oxygen atoms in total. The third-order valence-corrected chi connectivity index (χ3v) is 4.16. The summed E-state index contributed by atoms with van der Waals surface area (Å²) >= 11 is 0. The lowest BCUT2D eigenvalue weighted by atomic mass is 9.93. The molecule has 0 amide bonds. The first kappa shape index (κ1) is 13.6. The van der Waals surface area contributed by atoms with Gasteiger partial charge in [-0.05, 0) is 43.4 Å². The zero-order chi connectivity index (χ0) is 13.3. The molecule has 1 aliphatic rings. The Labute approximate surface area is 111 Å². The van der Waals surface area contributed by atoms with Crippen molar-refractivity contribution >= 4 is 0 Å². The third-order valence-electron chi connectivity index (χ3n) is 4.16. The maximum atomic E-state index is 6.04. The SMILES string of the molecule is Cc1ccc(C(CN)N2CCC(C)(C)C2)c(C)c1. The number of nitrogens with zero attached hydrogens (tertiary/aromatic N) is 1. The molecule has 2 rings (SSSR count). The van der Waals surface area contributed by atoms with E-state index in [2.05, 4.69) is 50.8 Å². The maximum absolute atomic E-state index is 6.04. The van der Waals surface area contributed by atoms with Crippen LogP contribution in [0.5, 0.6) is 0 Å². The Morgan fingerprint density at radius 2 is 2.06 bits per heavy atom. The van der Waals surface area contributed by atoms with Crippen molar-refractivity contribution in [3.63, 3.8) is 0 Å². The molecular formula is C16H26N2. The van der Waals surface area contributed by atoms with Gasteiger partial charge in [-0.1, -0.05) is 37.6 Å². The second-order valence-corrected chi connectivity index (χ2v) is 6.50. The van der Waals surface area contributed by atoms with Crippen LogP contribution >= 0.6 is 0 Å². The highest BCUT2D eigenvalue weighted by Gasteiger charge is 2.33. The summed E-state index contributed by atoms with van der Waals surface area (Å²) in [6.07, 6.45) is 1.27. The predicted molar refractivity (Wildman–Crippen MR) is 77.7 cm³/mol. The van der Waals surface area contributed by atoms with E-state index in [0.717, 1.165) is 6.54 Å². The first-order chi connectivity index (χ1) is 8.43.